The van der Waals surface area contributed by atoms with Gasteiger partial charge in [-0.05, 0) is 41.5 Å². The smallest absolute Gasteiger partial charge is 0.238 e. The molecule has 0 saturated carbocycles. The largest absolute Gasteiger partial charge is 0.455 e. The molecular weight excluding hydrogens is 629 g/mol. The van der Waals surface area contributed by atoms with E-state index in [1.165, 1.54) is 0 Å². The molecule has 6 heteroatoms. The third-order valence-corrected chi connectivity index (χ3v) is 9.90. The van der Waals surface area contributed by atoms with Crippen LogP contribution in [0.5, 0.6) is 0 Å². The quantitative estimate of drug-likeness (QED) is 0.189. The van der Waals surface area contributed by atoms with Gasteiger partial charge in [0.1, 0.15) is 22.3 Å². The third kappa shape index (κ3) is 4.20. The van der Waals surface area contributed by atoms with Crippen molar-refractivity contribution < 1.29 is 8.83 Å². The van der Waals surface area contributed by atoms with Gasteiger partial charge in [0.15, 0.2) is 17.2 Å². The van der Waals surface area contributed by atoms with Crippen LogP contribution < -0.4 is 0 Å². The van der Waals surface area contributed by atoms with E-state index in [1.54, 1.807) is 0 Å². The van der Waals surface area contributed by atoms with Gasteiger partial charge in [0.2, 0.25) is 5.95 Å². The van der Waals surface area contributed by atoms with E-state index in [-0.39, 0.29) is 0 Å². The van der Waals surface area contributed by atoms with Crippen molar-refractivity contribution in [1.82, 2.24) is 19.5 Å². The zero-order chi connectivity index (χ0) is 33.5. The average molecular weight is 655 g/mol. The molecule has 0 saturated heterocycles. The molecule has 4 heterocycles. The maximum Gasteiger partial charge on any atom is 0.238 e. The van der Waals surface area contributed by atoms with Gasteiger partial charge >= 0.3 is 0 Å². The lowest BCUT2D eigenvalue weighted by molar-refractivity contribution is 0.669. The van der Waals surface area contributed by atoms with Crippen LogP contribution in [0.15, 0.2) is 167 Å². The third-order valence-electron chi connectivity index (χ3n) is 9.90. The van der Waals surface area contributed by atoms with Crippen LogP contribution in [0.4, 0.5) is 0 Å². The Morgan fingerprint density at radius 2 is 0.941 bits per heavy atom. The normalized spacial score (nSPS) is 11.9. The maximum absolute atomic E-state index is 6.63. The van der Waals surface area contributed by atoms with Gasteiger partial charge < -0.3 is 8.83 Å². The number of nitrogens with zero attached hydrogens (tertiary/aromatic N) is 4. The first-order valence-corrected chi connectivity index (χ1v) is 16.9. The van der Waals surface area contributed by atoms with E-state index < -0.39 is 0 Å². The molecule has 11 rings (SSSR count). The fourth-order valence-corrected chi connectivity index (χ4v) is 7.52. The molecule has 0 bridgehead atoms. The zero-order valence-corrected chi connectivity index (χ0v) is 27.1. The average Bonchev–Trinajstić information content (AvgIpc) is 3.88. The maximum atomic E-state index is 6.63. The summed E-state index contributed by atoms with van der Waals surface area (Å²) in [6.45, 7) is 0. The molecule has 0 unspecified atom stereocenters. The highest BCUT2D eigenvalue weighted by Crippen LogP contribution is 2.41. The van der Waals surface area contributed by atoms with Gasteiger partial charge in [-0.15, -0.1) is 0 Å². The van der Waals surface area contributed by atoms with Gasteiger partial charge in [0.25, 0.3) is 0 Å². The molecule has 0 radical (unpaired) electrons. The molecule has 11 aromatic rings. The van der Waals surface area contributed by atoms with E-state index in [1.807, 2.05) is 60.7 Å². The molecule has 0 fully saturated rings. The predicted molar refractivity (Wildman–Crippen MR) is 205 cm³/mol. The summed E-state index contributed by atoms with van der Waals surface area (Å²) < 4.78 is 15.2. The second-order valence-corrected chi connectivity index (χ2v) is 12.8. The van der Waals surface area contributed by atoms with Gasteiger partial charge in [-0.3, -0.25) is 4.57 Å². The van der Waals surface area contributed by atoms with Crippen molar-refractivity contribution in [2.75, 3.05) is 0 Å². The summed E-state index contributed by atoms with van der Waals surface area (Å²) in [6.07, 6.45) is 0. The minimum Gasteiger partial charge on any atom is -0.455 e. The number of fused-ring (bicyclic) bond motifs is 10. The van der Waals surface area contributed by atoms with Crippen molar-refractivity contribution in [3.05, 3.63) is 158 Å². The second kappa shape index (κ2) is 10.7. The summed E-state index contributed by atoms with van der Waals surface area (Å²) in [6, 6.07) is 53.9. The van der Waals surface area contributed by atoms with Crippen LogP contribution in [-0.2, 0) is 0 Å². The van der Waals surface area contributed by atoms with Gasteiger partial charge in [0, 0.05) is 37.9 Å². The van der Waals surface area contributed by atoms with E-state index in [0.29, 0.717) is 17.6 Å². The Bertz CT molecular complexity index is 3140. The summed E-state index contributed by atoms with van der Waals surface area (Å²) >= 11 is 0. The standard InChI is InChI=1S/C45H26N4O2/c1-2-11-27(12-3-1)28-21-23-29(24-22-28)43-46-44(36-17-10-16-34-31-14-5-8-19-38(31)50-41(34)36)48-45(47-43)49-37-18-7-4-13-30(37)33-25-26-35-32-15-6-9-20-39(32)51-42(35)40(33)49/h1-26H. The van der Waals surface area contributed by atoms with Crippen LogP contribution in [0.3, 0.4) is 0 Å². The summed E-state index contributed by atoms with van der Waals surface area (Å²) in [5.74, 6) is 1.58. The summed E-state index contributed by atoms with van der Waals surface area (Å²) in [5, 5.41) is 6.32. The van der Waals surface area contributed by atoms with E-state index in [0.717, 1.165) is 87.9 Å². The molecule has 4 aromatic heterocycles. The van der Waals surface area contributed by atoms with Gasteiger partial charge in [-0.1, -0.05) is 127 Å². The Kier molecular flexibility index (Phi) is 5.86. The van der Waals surface area contributed by atoms with Crippen LogP contribution in [0.25, 0.3) is 106 Å². The Morgan fingerprint density at radius 1 is 0.373 bits per heavy atom. The number of hydrogen-bond acceptors (Lipinski definition) is 5. The first-order valence-electron chi connectivity index (χ1n) is 16.9. The summed E-state index contributed by atoms with van der Waals surface area (Å²) in [4.78, 5) is 15.6. The fraction of sp³-hybridized carbons (Fsp3) is 0. The van der Waals surface area contributed by atoms with Crippen LogP contribution >= 0.6 is 0 Å². The van der Waals surface area contributed by atoms with Crippen molar-refractivity contribution in [2.24, 2.45) is 0 Å². The molecule has 238 valence electrons. The van der Waals surface area contributed by atoms with Gasteiger partial charge in [0.05, 0.1) is 11.1 Å². The van der Waals surface area contributed by atoms with Crippen molar-refractivity contribution in [3.63, 3.8) is 0 Å². The Labute approximate surface area is 290 Å². The molecule has 51 heavy (non-hydrogen) atoms. The first kappa shape index (κ1) is 27.9. The van der Waals surface area contributed by atoms with E-state index in [4.69, 9.17) is 23.8 Å². The minimum atomic E-state index is 0.495. The number of benzene rings is 7. The number of furan rings is 2. The van der Waals surface area contributed by atoms with Crippen molar-refractivity contribution in [2.45, 2.75) is 0 Å². The van der Waals surface area contributed by atoms with Crippen LogP contribution in [0.2, 0.25) is 0 Å². The number of hydrogen-bond donors (Lipinski definition) is 0. The lowest BCUT2D eigenvalue weighted by Gasteiger charge is -2.11. The Morgan fingerprint density at radius 3 is 1.73 bits per heavy atom. The lowest BCUT2D eigenvalue weighted by atomic mass is 10.0. The number of aromatic nitrogens is 4. The highest BCUT2D eigenvalue weighted by molar-refractivity contribution is 6.21. The minimum absolute atomic E-state index is 0.495. The lowest BCUT2D eigenvalue weighted by Crippen LogP contribution is -2.06. The van der Waals surface area contributed by atoms with Crippen molar-refractivity contribution in [1.29, 1.82) is 0 Å². The molecule has 0 aliphatic heterocycles. The topological polar surface area (TPSA) is 69.9 Å². The first-order chi connectivity index (χ1) is 25.3. The molecule has 0 aliphatic carbocycles. The molecular formula is C45H26N4O2. The molecule has 0 amide bonds. The van der Waals surface area contributed by atoms with Crippen molar-refractivity contribution >= 4 is 65.7 Å². The second-order valence-electron chi connectivity index (χ2n) is 12.8. The monoisotopic (exact) mass is 654 g/mol. The van der Waals surface area contributed by atoms with Gasteiger partial charge in [-0.2, -0.15) is 9.97 Å². The summed E-state index contributed by atoms with van der Waals surface area (Å²) in [5.41, 5.74) is 9.02. The molecule has 0 spiro atoms. The van der Waals surface area contributed by atoms with Crippen LogP contribution in [-0.4, -0.2) is 19.5 Å². The van der Waals surface area contributed by atoms with Gasteiger partial charge in [-0.25, -0.2) is 4.98 Å². The number of rotatable bonds is 4. The highest BCUT2D eigenvalue weighted by Gasteiger charge is 2.23. The number of para-hydroxylation sites is 4. The Balaban J connectivity index is 1.22. The summed E-state index contributed by atoms with van der Waals surface area (Å²) in [7, 11) is 0. The predicted octanol–water partition coefficient (Wildman–Crippen LogP) is 11.8. The molecule has 0 aliphatic rings. The molecule has 6 nitrogen and oxygen atoms in total. The molecule has 0 atom stereocenters. The van der Waals surface area contributed by atoms with Crippen LogP contribution in [0, 0.1) is 0 Å². The van der Waals surface area contributed by atoms with E-state index in [9.17, 15) is 0 Å². The molecule has 7 aromatic carbocycles. The fourth-order valence-electron chi connectivity index (χ4n) is 7.52. The zero-order valence-electron chi connectivity index (χ0n) is 27.1. The molecule has 0 N–H and O–H groups in total. The van der Waals surface area contributed by atoms with E-state index in [2.05, 4.69) is 102 Å². The SMILES string of the molecule is c1ccc(-c2ccc(-c3nc(-c4cccc5c4oc4ccccc45)nc(-n4c5ccccc5c5ccc6c7ccccc7oc6c54)n3)cc2)cc1. The van der Waals surface area contributed by atoms with Crippen molar-refractivity contribution in [3.8, 4) is 39.9 Å². The Hall–Kier alpha value is -7.05. The van der Waals surface area contributed by atoms with Crippen LogP contribution in [0.1, 0.15) is 0 Å². The van der Waals surface area contributed by atoms with E-state index >= 15 is 0 Å². The highest BCUT2D eigenvalue weighted by atomic mass is 16.3.